The van der Waals surface area contributed by atoms with Crippen LogP contribution >= 0.6 is 10.7 Å². The standard InChI is InChI=1S/C20H26N2O2S/c1-4-25-19-14-15(23)10-11-17(19)20(21-12-7-13-24-3)16-8-5-6-9-18(16)22(25)2/h4-6,8-11,14,20-21,23H,7,12-13H2,1-3H3. The van der Waals surface area contributed by atoms with E-state index in [0.29, 0.717) is 5.75 Å². The Bertz CT molecular complexity index is 776. The van der Waals surface area contributed by atoms with Gasteiger partial charge in [-0.25, -0.2) is 0 Å². The lowest BCUT2D eigenvalue weighted by Gasteiger charge is -2.24. The molecule has 2 N–H and O–H groups in total. The van der Waals surface area contributed by atoms with E-state index in [9.17, 15) is 5.11 Å². The molecule has 134 valence electrons. The second-order valence-electron chi connectivity index (χ2n) is 6.06. The third-order valence-electron chi connectivity index (χ3n) is 4.51. The second-order valence-corrected chi connectivity index (χ2v) is 8.15. The van der Waals surface area contributed by atoms with Gasteiger partial charge >= 0.3 is 0 Å². The molecular weight excluding hydrogens is 332 g/mol. The molecule has 2 atom stereocenters. The molecule has 0 fully saturated rings. The van der Waals surface area contributed by atoms with Crippen molar-refractivity contribution in [1.29, 1.82) is 0 Å². The Balaban J connectivity index is 2.11. The number of phenolic OH excluding ortho intramolecular Hbond substituents is 1. The fourth-order valence-electron chi connectivity index (χ4n) is 3.35. The minimum atomic E-state index is -0.206. The third-order valence-corrected chi connectivity index (χ3v) is 6.55. The van der Waals surface area contributed by atoms with Gasteiger partial charge in [0.25, 0.3) is 0 Å². The van der Waals surface area contributed by atoms with Gasteiger partial charge in [-0.15, -0.1) is 0 Å². The monoisotopic (exact) mass is 358 g/mol. The molecule has 1 aliphatic heterocycles. The maximum absolute atomic E-state index is 10.1. The molecule has 2 unspecified atom stereocenters. The summed E-state index contributed by atoms with van der Waals surface area (Å²) in [5.74, 6) is 0.315. The Morgan fingerprint density at radius 3 is 2.80 bits per heavy atom. The van der Waals surface area contributed by atoms with Crippen LogP contribution in [0.3, 0.4) is 0 Å². The summed E-state index contributed by atoms with van der Waals surface area (Å²) in [5, 5.41) is 16.0. The van der Waals surface area contributed by atoms with E-state index in [1.54, 1.807) is 13.2 Å². The fourth-order valence-corrected chi connectivity index (χ4v) is 5.26. The number of phenols is 1. The summed E-state index contributed by atoms with van der Waals surface area (Å²) >= 11 is 0. The van der Waals surface area contributed by atoms with E-state index in [1.807, 2.05) is 6.07 Å². The molecule has 0 bridgehead atoms. The van der Waals surface area contributed by atoms with Crippen molar-refractivity contribution in [3.8, 4) is 5.75 Å². The lowest BCUT2D eigenvalue weighted by Crippen LogP contribution is -2.25. The molecule has 2 aromatic rings. The van der Waals surface area contributed by atoms with E-state index < -0.39 is 0 Å². The number of aromatic hydroxyl groups is 1. The highest BCUT2D eigenvalue weighted by molar-refractivity contribution is 8.16. The summed E-state index contributed by atoms with van der Waals surface area (Å²) in [6.07, 6.45) is 0.962. The van der Waals surface area contributed by atoms with Crippen LogP contribution in [0.15, 0.2) is 47.4 Å². The Morgan fingerprint density at radius 2 is 2.04 bits per heavy atom. The van der Waals surface area contributed by atoms with E-state index in [2.05, 4.69) is 59.3 Å². The number of nitrogens with zero attached hydrogens (tertiary/aromatic N) is 1. The van der Waals surface area contributed by atoms with Gasteiger partial charge in [0.2, 0.25) is 0 Å². The summed E-state index contributed by atoms with van der Waals surface area (Å²) in [6, 6.07) is 14.4. The van der Waals surface area contributed by atoms with Gasteiger partial charge in [0.15, 0.2) is 0 Å². The largest absolute Gasteiger partial charge is 0.508 e. The molecule has 3 rings (SSSR count). The van der Waals surface area contributed by atoms with E-state index in [-0.39, 0.29) is 16.7 Å². The van der Waals surface area contributed by atoms with Crippen LogP contribution in [0, 0.1) is 0 Å². The Morgan fingerprint density at radius 1 is 1.24 bits per heavy atom. The predicted molar refractivity (Wildman–Crippen MR) is 107 cm³/mol. The van der Waals surface area contributed by atoms with Crippen LogP contribution in [0.1, 0.15) is 30.5 Å². The molecule has 2 aromatic carbocycles. The fraction of sp³-hybridized carbons (Fsp3) is 0.350. The number of hydrogen-bond acceptors (Lipinski definition) is 4. The van der Waals surface area contributed by atoms with Gasteiger partial charge in [-0.1, -0.05) is 34.9 Å². The summed E-state index contributed by atoms with van der Waals surface area (Å²) in [7, 11) is 3.65. The second kappa shape index (κ2) is 8.04. The van der Waals surface area contributed by atoms with E-state index in [0.717, 1.165) is 19.6 Å². The number of fused-ring (bicyclic) bond motifs is 2. The first-order valence-corrected chi connectivity index (χ1v) is 9.82. The molecule has 1 aliphatic rings. The number of rotatable bonds is 5. The van der Waals surface area contributed by atoms with Crippen molar-refractivity contribution in [3.63, 3.8) is 0 Å². The molecule has 0 radical (unpaired) electrons. The molecule has 0 aliphatic carbocycles. The van der Waals surface area contributed by atoms with Crippen molar-refractivity contribution >= 4 is 21.7 Å². The SMILES string of the molecule is C/C=S1/c2cc(O)ccc2C(NCCCOC)c2ccccc2N1C. The number of ether oxygens (including phenoxy) is 1. The van der Waals surface area contributed by atoms with Crippen LogP contribution in [0.4, 0.5) is 5.69 Å². The minimum Gasteiger partial charge on any atom is -0.508 e. The number of para-hydroxylation sites is 1. The van der Waals surface area contributed by atoms with E-state index in [1.165, 1.54) is 21.7 Å². The maximum Gasteiger partial charge on any atom is 0.116 e. The third kappa shape index (κ3) is 3.59. The molecule has 0 saturated carbocycles. The average Bonchev–Trinajstić information content (AvgIpc) is 2.72. The number of nitrogens with one attached hydrogen (secondary N) is 1. The normalized spacial score (nSPS) is 19.4. The molecule has 0 amide bonds. The maximum atomic E-state index is 10.1. The lowest BCUT2D eigenvalue weighted by molar-refractivity contribution is 0.193. The van der Waals surface area contributed by atoms with Crippen LogP contribution in [0.5, 0.6) is 5.75 Å². The number of hydrogen-bond donors (Lipinski definition) is 2. The van der Waals surface area contributed by atoms with Crippen LogP contribution in [-0.4, -0.2) is 37.8 Å². The van der Waals surface area contributed by atoms with E-state index in [4.69, 9.17) is 4.74 Å². The van der Waals surface area contributed by atoms with Gasteiger partial charge < -0.3 is 19.5 Å². The number of methoxy groups -OCH3 is 1. The topological polar surface area (TPSA) is 44.7 Å². The van der Waals surface area contributed by atoms with Crippen molar-refractivity contribution in [1.82, 2.24) is 5.32 Å². The van der Waals surface area contributed by atoms with Crippen molar-refractivity contribution in [3.05, 3.63) is 53.6 Å². The van der Waals surface area contributed by atoms with Crippen molar-refractivity contribution in [2.45, 2.75) is 24.3 Å². The molecule has 25 heavy (non-hydrogen) atoms. The molecule has 0 spiro atoms. The Labute approximate surface area is 152 Å². The zero-order valence-electron chi connectivity index (χ0n) is 15.0. The Hall–Kier alpha value is -1.82. The van der Waals surface area contributed by atoms with Crippen molar-refractivity contribution in [2.24, 2.45) is 0 Å². The first-order chi connectivity index (χ1) is 12.2. The van der Waals surface area contributed by atoms with E-state index >= 15 is 0 Å². The van der Waals surface area contributed by atoms with Crippen LogP contribution in [0.25, 0.3) is 0 Å². The average molecular weight is 359 g/mol. The summed E-state index contributed by atoms with van der Waals surface area (Å²) < 4.78 is 7.49. The van der Waals surface area contributed by atoms with Crippen LogP contribution < -0.4 is 9.62 Å². The van der Waals surface area contributed by atoms with Gasteiger partial charge in [-0.2, -0.15) is 0 Å². The lowest BCUT2D eigenvalue weighted by atomic mass is 9.96. The molecule has 4 nitrogen and oxygen atoms in total. The minimum absolute atomic E-state index is 0.101. The van der Waals surface area contributed by atoms with Crippen molar-refractivity contribution < 1.29 is 9.84 Å². The Kier molecular flexibility index (Phi) is 5.78. The van der Waals surface area contributed by atoms with Gasteiger partial charge in [0, 0.05) is 25.7 Å². The summed E-state index contributed by atoms with van der Waals surface area (Å²) in [4.78, 5) is 1.17. The number of benzene rings is 2. The summed E-state index contributed by atoms with van der Waals surface area (Å²) in [6.45, 7) is 3.71. The van der Waals surface area contributed by atoms with Gasteiger partial charge in [-0.3, -0.25) is 0 Å². The smallest absolute Gasteiger partial charge is 0.116 e. The highest BCUT2D eigenvalue weighted by atomic mass is 32.2. The van der Waals surface area contributed by atoms with Gasteiger partial charge in [0.1, 0.15) is 5.75 Å². The molecule has 0 saturated heterocycles. The highest BCUT2D eigenvalue weighted by Crippen LogP contribution is 2.47. The number of anilines is 1. The predicted octanol–water partition coefficient (Wildman–Crippen LogP) is 3.92. The van der Waals surface area contributed by atoms with Gasteiger partial charge in [0.05, 0.1) is 11.7 Å². The molecular formula is C20H26N2O2S. The van der Waals surface area contributed by atoms with Gasteiger partial charge in [-0.05, 0) is 54.6 Å². The molecule has 0 aromatic heterocycles. The quantitative estimate of drug-likeness (QED) is 0.628. The molecule has 1 heterocycles. The zero-order chi connectivity index (χ0) is 17.8. The van der Waals surface area contributed by atoms with Crippen LogP contribution in [0.2, 0.25) is 0 Å². The highest BCUT2D eigenvalue weighted by Gasteiger charge is 2.27. The first-order valence-electron chi connectivity index (χ1n) is 8.58. The first kappa shape index (κ1) is 18.0. The summed E-state index contributed by atoms with van der Waals surface area (Å²) in [5.41, 5.74) is 3.73. The zero-order valence-corrected chi connectivity index (χ0v) is 15.8. The van der Waals surface area contributed by atoms with Crippen molar-refractivity contribution in [2.75, 3.05) is 31.6 Å². The molecule has 5 heteroatoms. The van der Waals surface area contributed by atoms with Crippen LogP contribution in [-0.2, 0) is 4.74 Å².